The number of aromatic nitrogens is 1. The average molecular weight is 342 g/mol. The number of carboxylic acid groups (broad SMARTS) is 1. The maximum Gasteiger partial charge on any atom is 0.356 e. The number of aryl methyl sites for hydroxylation is 1. The van der Waals surface area contributed by atoms with Crippen LogP contribution in [0.25, 0.3) is 0 Å². The smallest absolute Gasteiger partial charge is 0.356 e. The van der Waals surface area contributed by atoms with Crippen LogP contribution < -0.4 is 5.32 Å². The molecule has 98 valence electrons. The zero-order valence-corrected chi connectivity index (χ0v) is 12.3. The summed E-state index contributed by atoms with van der Waals surface area (Å²) in [6.45, 7) is 1.97. The Kier molecular flexibility index (Phi) is 4.07. The van der Waals surface area contributed by atoms with E-state index < -0.39 is 5.97 Å². The Hall–Kier alpha value is -1.59. The molecule has 2 N–H and O–H groups in total. The van der Waals surface area contributed by atoms with E-state index in [2.05, 4.69) is 26.2 Å². The lowest BCUT2D eigenvalue weighted by atomic mass is 10.2. The SMILES string of the molecule is Cc1ccc(Br)c(Nc2ccc(Cl)c(C(=O)O)n2)c1. The van der Waals surface area contributed by atoms with Crippen LogP contribution in [-0.4, -0.2) is 16.1 Å². The van der Waals surface area contributed by atoms with Gasteiger partial charge in [0.2, 0.25) is 0 Å². The summed E-state index contributed by atoms with van der Waals surface area (Å²) in [6, 6.07) is 8.94. The number of aromatic carboxylic acids is 1. The highest BCUT2D eigenvalue weighted by molar-refractivity contribution is 9.10. The standard InChI is InChI=1S/C13H10BrClN2O2/c1-7-2-3-8(14)10(6-7)16-11-5-4-9(15)12(17-11)13(18)19/h2-6H,1H3,(H,16,17)(H,18,19). The van der Waals surface area contributed by atoms with Crippen LogP contribution in [0.1, 0.15) is 16.1 Å². The number of hydrogen-bond acceptors (Lipinski definition) is 3. The number of nitrogens with one attached hydrogen (secondary N) is 1. The van der Waals surface area contributed by atoms with Crippen LogP contribution >= 0.6 is 27.5 Å². The van der Waals surface area contributed by atoms with Gasteiger partial charge in [-0.15, -0.1) is 0 Å². The molecule has 0 spiro atoms. The Morgan fingerprint density at radius 1 is 1.37 bits per heavy atom. The summed E-state index contributed by atoms with van der Waals surface area (Å²) < 4.78 is 0.867. The topological polar surface area (TPSA) is 62.2 Å². The summed E-state index contributed by atoms with van der Waals surface area (Å²) in [5.74, 6) is -0.731. The number of anilines is 2. The van der Waals surface area contributed by atoms with Crippen molar-refractivity contribution in [3.05, 3.63) is 51.1 Å². The van der Waals surface area contributed by atoms with E-state index in [1.165, 1.54) is 6.07 Å². The van der Waals surface area contributed by atoms with Gasteiger partial charge in [-0.1, -0.05) is 17.7 Å². The van der Waals surface area contributed by atoms with Crippen molar-refractivity contribution in [2.75, 3.05) is 5.32 Å². The zero-order chi connectivity index (χ0) is 14.0. The van der Waals surface area contributed by atoms with Crippen molar-refractivity contribution in [3.63, 3.8) is 0 Å². The molecule has 0 saturated carbocycles. The predicted octanol–water partition coefficient (Wildman–Crippen LogP) is 4.25. The van der Waals surface area contributed by atoms with E-state index in [1.807, 2.05) is 25.1 Å². The maximum absolute atomic E-state index is 11.0. The Balaban J connectivity index is 2.36. The molecular weight excluding hydrogens is 332 g/mol. The number of hydrogen-bond donors (Lipinski definition) is 2. The van der Waals surface area contributed by atoms with Gasteiger partial charge in [-0.3, -0.25) is 0 Å². The van der Waals surface area contributed by atoms with Crippen molar-refractivity contribution in [1.29, 1.82) is 0 Å². The third kappa shape index (κ3) is 3.24. The van der Waals surface area contributed by atoms with Crippen LogP contribution in [0.4, 0.5) is 11.5 Å². The number of halogens is 2. The number of benzene rings is 1. The average Bonchev–Trinajstić information content (AvgIpc) is 2.36. The van der Waals surface area contributed by atoms with Crippen LogP contribution in [0.2, 0.25) is 5.02 Å². The number of rotatable bonds is 3. The minimum absolute atomic E-state index is 0.112. The first kappa shape index (κ1) is 13.8. The Labute approximate surface area is 123 Å². The molecule has 19 heavy (non-hydrogen) atoms. The number of carbonyl (C=O) groups is 1. The second-order valence-corrected chi connectivity index (χ2v) is 5.20. The molecule has 2 aromatic rings. The Morgan fingerprint density at radius 2 is 2.11 bits per heavy atom. The van der Waals surface area contributed by atoms with Gasteiger partial charge in [0.25, 0.3) is 0 Å². The predicted molar refractivity (Wildman–Crippen MR) is 78.4 cm³/mol. The monoisotopic (exact) mass is 340 g/mol. The third-order valence-electron chi connectivity index (χ3n) is 2.43. The highest BCUT2D eigenvalue weighted by Crippen LogP contribution is 2.27. The van der Waals surface area contributed by atoms with Gasteiger partial charge in [0.05, 0.1) is 10.7 Å². The third-order valence-corrected chi connectivity index (χ3v) is 3.43. The molecule has 1 aromatic carbocycles. The van der Waals surface area contributed by atoms with Crippen molar-refractivity contribution in [1.82, 2.24) is 4.98 Å². The van der Waals surface area contributed by atoms with E-state index in [0.29, 0.717) is 5.82 Å². The van der Waals surface area contributed by atoms with E-state index in [9.17, 15) is 4.79 Å². The molecule has 4 nitrogen and oxygen atoms in total. The molecule has 0 fully saturated rings. The fourth-order valence-corrected chi connectivity index (χ4v) is 2.07. The first-order chi connectivity index (χ1) is 8.97. The Morgan fingerprint density at radius 3 is 2.79 bits per heavy atom. The van der Waals surface area contributed by atoms with Gasteiger partial charge in [0, 0.05) is 4.47 Å². The Bertz CT molecular complexity index is 647. The van der Waals surface area contributed by atoms with Crippen molar-refractivity contribution in [2.45, 2.75) is 6.92 Å². The maximum atomic E-state index is 11.0. The lowest BCUT2D eigenvalue weighted by molar-refractivity contribution is 0.0691. The minimum Gasteiger partial charge on any atom is -0.476 e. The molecule has 0 atom stereocenters. The van der Waals surface area contributed by atoms with Crippen LogP contribution in [-0.2, 0) is 0 Å². The molecule has 6 heteroatoms. The highest BCUT2D eigenvalue weighted by Gasteiger charge is 2.12. The molecular formula is C13H10BrClN2O2. The summed E-state index contributed by atoms with van der Waals surface area (Å²) in [6.07, 6.45) is 0. The highest BCUT2D eigenvalue weighted by atomic mass is 79.9. The molecule has 0 radical (unpaired) electrons. The molecule has 1 aromatic heterocycles. The van der Waals surface area contributed by atoms with E-state index in [1.54, 1.807) is 6.07 Å². The van der Waals surface area contributed by atoms with E-state index in [-0.39, 0.29) is 10.7 Å². The molecule has 0 unspecified atom stereocenters. The van der Waals surface area contributed by atoms with Gasteiger partial charge < -0.3 is 10.4 Å². The first-order valence-corrected chi connectivity index (χ1v) is 6.57. The number of pyridine rings is 1. The lowest BCUT2D eigenvalue weighted by Crippen LogP contribution is -2.04. The van der Waals surface area contributed by atoms with Gasteiger partial charge in [0.15, 0.2) is 5.69 Å². The normalized spacial score (nSPS) is 10.3. The zero-order valence-electron chi connectivity index (χ0n) is 9.95. The first-order valence-electron chi connectivity index (χ1n) is 5.40. The lowest BCUT2D eigenvalue weighted by Gasteiger charge is -2.09. The molecule has 0 amide bonds. The minimum atomic E-state index is -1.16. The van der Waals surface area contributed by atoms with Crippen LogP contribution in [0.5, 0.6) is 0 Å². The second kappa shape index (κ2) is 5.59. The van der Waals surface area contributed by atoms with Crippen LogP contribution in [0.15, 0.2) is 34.8 Å². The van der Waals surface area contributed by atoms with Gasteiger partial charge >= 0.3 is 5.97 Å². The van der Waals surface area contributed by atoms with Crippen molar-refractivity contribution in [2.24, 2.45) is 0 Å². The van der Waals surface area contributed by atoms with Crippen molar-refractivity contribution in [3.8, 4) is 0 Å². The molecule has 0 aliphatic heterocycles. The van der Waals surface area contributed by atoms with Gasteiger partial charge in [-0.2, -0.15) is 0 Å². The largest absolute Gasteiger partial charge is 0.476 e. The summed E-state index contributed by atoms with van der Waals surface area (Å²) in [5, 5.41) is 12.1. The van der Waals surface area contributed by atoms with E-state index in [0.717, 1.165) is 15.7 Å². The number of nitrogens with zero attached hydrogens (tertiary/aromatic N) is 1. The molecule has 1 heterocycles. The van der Waals surface area contributed by atoms with E-state index in [4.69, 9.17) is 16.7 Å². The van der Waals surface area contributed by atoms with Gasteiger partial charge in [-0.25, -0.2) is 9.78 Å². The summed E-state index contributed by atoms with van der Waals surface area (Å²) in [7, 11) is 0. The summed E-state index contributed by atoms with van der Waals surface area (Å²) in [5.41, 5.74) is 1.72. The number of carboxylic acids is 1. The van der Waals surface area contributed by atoms with Crippen molar-refractivity contribution >= 4 is 45.0 Å². The fraction of sp³-hybridized carbons (Fsp3) is 0.0769. The van der Waals surface area contributed by atoms with Crippen LogP contribution in [0, 0.1) is 6.92 Å². The molecule has 2 rings (SSSR count). The fourth-order valence-electron chi connectivity index (χ4n) is 1.53. The quantitative estimate of drug-likeness (QED) is 0.876. The van der Waals surface area contributed by atoms with Crippen LogP contribution in [0.3, 0.4) is 0 Å². The second-order valence-electron chi connectivity index (χ2n) is 3.94. The summed E-state index contributed by atoms with van der Waals surface area (Å²) in [4.78, 5) is 14.9. The van der Waals surface area contributed by atoms with Crippen molar-refractivity contribution < 1.29 is 9.90 Å². The molecule has 0 aliphatic carbocycles. The van der Waals surface area contributed by atoms with Gasteiger partial charge in [-0.05, 0) is 52.7 Å². The molecule has 0 saturated heterocycles. The molecule has 0 bridgehead atoms. The van der Waals surface area contributed by atoms with Gasteiger partial charge in [0.1, 0.15) is 5.82 Å². The summed E-state index contributed by atoms with van der Waals surface area (Å²) >= 11 is 9.19. The van der Waals surface area contributed by atoms with E-state index >= 15 is 0 Å². The molecule has 0 aliphatic rings.